The largest absolute Gasteiger partial charge is 0.497 e. The molecule has 1 heterocycles. The average Bonchev–Trinajstić information content (AvgIpc) is 2.62. The van der Waals surface area contributed by atoms with Crippen LogP contribution in [0.3, 0.4) is 0 Å². The van der Waals surface area contributed by atoms with Gasteiger partial charge < -0.3 is 15.4 Å². The third kappa shape index (κ3) is 4.97. The SMILES string of the molecule is COc1ccc(CN(C)c2nc(CCN)nc3ccccc23)cc1.Cl.Cl. The van der Waals surface area contributed by atoms with Gasteiger partial charge in [-0.2, -0.15) is 0 Å². The number of nitrogens with two attached hydrogens (primary N) is 1. The van der Waals surface area contributed by atoms with Gasteiger partial charge in [0.25, 0.3) is 0 Å². The van der Waals surface area contributed by atoms with Crippen molar-refractivity contribution in [2.24, 2.45) is 5.73 Å². The van der Waals surface area contributed by atoms with Crippen LogP contribution in [0.2, 0.25) is 0 Å². The molecular formula is C19H24Cl2N4O. The molecule has 140 valence electrons. The van der Waals surface area contributed by atoms with E-state index in [0.717, 1.165) is 34.8 Å². The zero-order valence-electron chi connectivity index (χ0n) is 14.9. The molecule has 3 rings (SSSR count). The van der Waals surface area contributed by atoms with E-state index < -0.39 is 0 Å². The lowest BCUT2D eigenvalue weighted by Crippen LogP contribution is -2.19. The molecule has 1 aromatic heterocycles. The molecule has 5 nitrogen and oxygen atoms in total. The maximum absolute atomic E-state index is 5.68. The van der Waals surface area contributed by atoms with Gasteiger partial charge in [-0.3, -0.25) is 0 Å². The Labute approximate surface area is 166 Å². The van der Waals surface area contributed by atoms with Gasteiger partial charge in [-0.05, 0) is 36.4 Å². The van der Waals surface area contributed by atoms with E-state index in [4.69, 9.17) is 15.5 Å². The van der Waals surface area contributed by atoms with E-state index >= 15 is 0 Å². The van der Waals surface area contributed by atoms with Crippen LogP contribution < -0.4 is 15.4 Å². The van der Waals surface area contributed by atoms with E-state index in [1.165, 1.54) is 5.56 Å². The van der Waals surface area contributed by atoms with E-state index in [2.05, 4.69) is 28.1 Å². The van der Waals surface area contributed by atoms with Crippen LogP contribution in [0.5, 0.6) is 5.75 Å². The van der Waals surface area contributed by atoms with Crippen LogP contribution in [0, 0.1) is 0 Å². The number of rotatable bonds is 6. The predicted molar refractivity (Wildman–Crippen MR) is 112 cm³/mol. The summed E-state index contributed by atoms with van der Waals surface area (Å²) in [5.41, 5.74) is 7.82. The topological polar surface area (TPSA) is 64.3 Å². The van der Waals surface area contributed by atoms with Crippen LogP contribution in [0.4, 0.5) is 5.82 Å². The Hall–Kier alpha value is -2.08. The Bertz CT molecular complexity index is 827. The Balaban J connectivity index is 0.00000169. The van der Waals surface area contributed by atoms with E-state index in [0.29, 0.717) is 13.0 Å². The monoisotopic (exact) mass is 394 g/mol. The van der Waals surface area contributed by atoms with Crippen LogP contribution in [0.15, 0.2) is 48.5 Å². The normalized spacial score (nSPS) is 9.96. The highest BCUT2D eigenvalue weighted by molar-refractivity contribution is 5.89. The molecular weight excluding hydrogens is 371 g/mol. The second-order valence-electron chi connectivity index (χ2n) is 5.72. The third-order valence-electron chi connectivity index (χ3n) is 3.94. The van der Waals surface area contributed by atoms with Crippen molar-refractivity contribution in [3.63, 3.8) is 0 Å². The quantitative estimate of drug-likeness (QED) is 0.691. The Morgan fingerprint density at radius 3 is 2.35 bits per heavy atom. The van der Waals surface area contributed by atoms with E-state index in [1.54, 1.807) is 7.11 Å². The van der Waals surface area contributed by atoms with Gasteiger partial charge in [0, 0.05) is 25.4 Å². The van der Waals surface area contributed by atoms with Gasteiger partial charge in [0.2, 0.25) is 0 Å². The lowest BCUT2D eigenvalue weighted by Gasteiger charge is -2.21. The minimum Gasteiger partial charge on any atom is -0.497 e. The molecule has 0 radical (unpaired) electrons. The fraction of sp³-hybridized carbons (Fsp3) is 0.263. The number of para-hydroxylation sites is 1. The fourth-order valence-corrected chi connectivity index (χ4v) is 2.72. The summed E-state index contributed by atoms with van der Waals surface area (Å²) in [6.07, 6.45) is 0.675. The zero-order valence-corrected chi connectivity index (χ0v) is 16.5. The molecule has 0 spiro atoms. The number of hydrogen-bond acceptors (Lipinski definition) is 5. The van der Waals surface area contributed by atoms with Gasteiger partial charge in [-0.25, -0.2) is 9.97 Å². The number of fused-ring (bicyclic) bond motifs is 1. The Morgan fingerprint density at radius 2 is 1.69 bits per heavy atom. The van der Waals surface area contributed by atoms with Crippen molar-refractivity contribution in [1.82, 2.24) is 9.97 Å². The maximum Gasteiger partial charge on any atom is 0.140 e. The average molecular weight is 395 g/mol. The van der Waals surface area contributed by atoms with E-state index in [1.807, 2.05) is 37.4 Å². The first-order chi connectivity index (χ1) is 11.7. The molecule has 26 heavy (non-hydrogen) atoms. The zero-order chi connectivity index (χ0) is 16.9. The summed E-state index contributed by atoms with van der Waals surface area (Å²) >= 11 is 0. The molecule has 0 saturated heterocycles. The van der Waals surface area contributed by atoms with E-state index in [-0.39, 0.29) is 24.8 Å². The van der Waals surface area contributed by atoms with Crippen molar-refractivity contribution in [1.29, 1.82) is 0 Å². The predicted octanol–water partition coefficient (Wildman–Crippen LogP) is 3.62. The highest BCUT2D eigenvalue weighted by Gasteiger charge is 2.12. The molecule has 0 atom stereocenters. The van der Waals surface area contributed by atoms with Crippen molar-refractivity contribution in [2.75, 3.05) is 25.6 Å². The highest BCUT2D eigenvalue weighted by Crippen LogP contribution is 2.24. The van der Waals surface area contributed by atoms with Gasteiger partial charge >= 0.3 is 0 Å². The summed E-state index contributed by atoms with van der Waals surface area (Å²) in [5, 5.41) is 1.05. The van der Waals surface area contributed by atoms with Crippen molar-refractivity contribution < 1.29 is 4.74 Å². The van der Waals surface area contributed by atoms with Gasteiger partial charge in [0.15, 0.2) is 0 Å². The van der Waals surface area contributed by atoms with Gasteiger partial charge in [0.05, 0.1) is 12.6 Å². The number of aromatic nitrogens is 2. The number of ether oxygens (including phenoxy) is 1. The minimum atomic E-state index is 0. The van der Waals surface area contributed by atoms with Crippen molar-refractivity contribution in [2.45, 2.75) is 13.0 Å². The molecule has 3 aromatic rings. The van der Waals surface area contributed by atoms with Gasteiger partial charge in [0.1, 0.15) is 17.4 Å². The van der Waals surface area contributed by atoms with Gasteiger partial charge in [-0.15, -0.1) is 24.8 Å². The van der Waals surface area contributed by atoms with Crippen LogP contribution in [0.1, 0.15) is 11.4 Å². The molecule has 0 aliphatic rings. The first-order valence-corrected chi connectivity index (χ1v) is 8.01. The summed E-state index contributed by atoms with van der Waals surface area (Å²) in [4.78, 5) is 11.5. The molecule has 2 aromatic carbocycles. The van der Waals surface area contributed by atoms with Crippen molar-refractivity contribution >= 4 is 41.5 Å². The maximum atomic E-state index is 5.68. The number of methoxy groups -OCH3 is 1. The Morgan fingerprint density at radius 1 is 1.00 bits per heavy atom. The minimum absolute atomic E-state index is 0. The summed E-state index contributed by atoms with van der Waals surface area (Å²) in [6, 6.07) is 16.2. The summed E-state index contributed by atoms with van der Waals surface area (Å²) in [6.45, 7) is 1.30. The molecule has 7 heteroatoms. The number of benzene rings is 2. The first-order valence-electron chi connectivity index (χ1n) is 8.01. The molecule has 0 aliphatic heterocycles. The van der Waals surface area contributed by atoms with E-state index in [9.17, 15) is 0 Å². The van der Waals surface area contributed by atoms with Crippen LogP contribution in [-0.2, 0) is 13.0 Å². The number of halogens is 2. The van der Waals surface area contributed by atoms with Crippen LogP contribution in [0.25, 0.3) is 10.9 Å². The molecule has 0 bridgehead atoms. The molecule has 0 saturated carbocycles. The molecule has 0 amide bonds. The standard InChI is InChI=1S/C19H22N4O.2ClH/c1-23(13-14-7-9-15(24-2)10-8-14)19-16-5-3-4-6-17(16)21-18(22-19)11-12-20;;/h3-10H,11-13,20H2,1-2H3;2*1H. The molecule has 2 N–H and O–H groups in total. The second kappa shape index (κ2) is 10.2. The summed E-state index contributed by atoms with van der Waals surface area (Å²) in [5.74, 6) is 2.58. The second-order valence-corrected chi connectivity index (χ2v) is 5.72. The van der Waals surface area contributed by atoms with Crippen LogP contribution >= 0.6 is 24.8 Å². The number of anilines is 1. The van der Waals surface area contributed by atoms with Gasteiger partial charge in [-0.1, -0.05) is 24.3 Å². The number of hydrogen-bond donors (Lipinski definition) is 1. The molecule has 0 aliphatic carbocycles. The lowest BCUT2D eigenvalue weighted by molar-refractivity contribution is 0.414. The summed E-state index contributed by atoms with van der Waals surface area (Å²) < 4.78 is 5.21. The number of nitrogens with zero attached hydrogens (tertiary/aromatic N) is 3. The molecule has 0 unspecified atom stereocenters. The Kier molecular flexibility index (Phi) is 8.58. The lowest BCUT2D eigenvalue weighted by atomic mass is 10.2. The highest BCUT2D eigenvalue weighted by atomic mass is 35.5. The first kappa shape index (κ1) is 22.0. The summed E-state index contributed by atoms with van der Waals surface area (Å²) in [7, 11) is 3.72. The fourth-order valence-electron chi connectivity index (χ4n) is 2.72. The van der Waals surface area contributed by atoms with Crippen molar-refractivity contribution in [3.8, 4) is 5.75 Å². The third-order valence-corrected chi connectivity index (χ3v) is 3.94. The van der Waals surface area contributed by atoms with Crippen molar-refractivity contribution in [3.05, 3.63) is 59.9 Å². The molecule has 0 fully saturated rings. The van der Waals surface area contributed by atoms with Crippen LogP contribution in [-0.4, -0.2) is 30.7 Å². The smallest absolute Gasteiger partial charge is 0.140 e.